The Morgan fingerprint density at radius 2 is 1.26 bits per heavy atom. The molecule has 0 spiro atoms. The number of unbranched alkanes of at least 4 members (excludes halogenated alkanes) is 13. The van der Waals surface area contributed by atoms with Gasteiger partial charge in [-0.3, -0.25) is 0 Å². The first-order valence-electron chi connectivity index (χ1n) is 9.82. The molecule has 3 heteroatoms. The topological polar surface area (TPSA) is 38.3 Å². The van der Waals surface area contributed by atoms with Crippen LogP contribution in [0.1, 0.15) is 96.8 Å². The first-order chi connectivity index (χ1) is 11.3. The van der Waals surface area contributed by atoms with E-state index in [0.717, 1.165) is 6.42 Å². The van der Waals surface area contributed by atoms with Crippen LogP contribution in [-0.4, -0.2) is 19.2 Å². The number of amides is 1. The summed E-state index contributed by atoms with van der Waals surface area (Å²) in [7, 11) is 0. The SMILES string of the molecule is C=CCOC(=O)NCCCCCCCCCCCCCCCC. The number of ether oxygens (including phenoxy) is 1. The van der Waals surface area contributed by atoms with Gasteiger partial charge in [0.1, 0.15) is 6.61 Å². The summed E-state index contributed by atoms with van der Waals surface area (Å²) in [5, 5.41) is 2.75. The van der Waals surface area contributed by atoms with Crippen molar-refractivity contribution in [1.82, 2.24) is 5.32 Å². The van der Waals surface area contributed by atoms with Crippen LogP contribution >= 0.6 is 0 Å². The van der Waals surface area contributed by atoms with Crippen LogP contribution in [0.25, 0.3) is 0 Å². The van der Waals surface area contributed by atoms with Crippen molar-refractivity contribution in [1.29, 1.82) is 0 Å². The fourth-order valence-electron chi connectivity index (χ4n) is 2.70. The van der Waals surface area contributed by atoms with Crippen LogP contribution in [-0.2, 0) is 4.74 Å². The fourth-order valence-corrected chi connectivity index (χ4v) is 2.70. The Morgan fingerprint density at radius 3 is 1.70 bits per heavy atom. The highest BCUT2D eigenvalue weighted by atomic mass is 16.5. The predicted octanol–water partition coefficient (Wildman–Crippen LogP) is 6.38. The average Bonchev–Trinajstić information content (AvgIpc) is 2.56. The highest BCUT2D eigenvalue weighted by molar-refractivity contribution is 5.67. The minimum atomic E-state index is -0.334. The highest BCUT2D eigenvalue weighted by Gasteiger charge is 1.98. The Kier molecular flexibility index (Phi) is 18.2. The van der Waals surface area contributed by atoms with Crippen molar-refractivity contribution in [3.8, 4) is 0 Å². The van der Waals surface area contributed by atoms with E-state index in [2.05, 4.69) is 18.8 Å². The lowest BCUT2D eigenvalue weighted by Crippen LogP contribution is -2.25. The zero-order chi connectivity index (χ0) is 17.0. The Bertz CT molecular complexity index is 266. The molecule has 0 saturated heterocycles. The lowest BCUT2D eigenvalue weighted by Gasteiger charge is -2.05. The molecule has 0 aliphatic carbocycles. The van der Waals surface area contributed by atoms with Crippen molar-refractivity contribution in [2.45, 2.75) is 96.8 Å². The van der Waals surface area contributed by atoms with Crippen molar-refractivity contribution in [3.63, 3.8) is 0 Å². The van der Waals surface area contributed by atoms with Crippen molar-refractivity contribution in [2.75, 3.05) is 13.2 Å². The van der Waals surface area contributed by atoms with E-state index < -0.39 is 0 Å². The van der Waals surface area contributed by atoms with Gasteiger partial charge in [-0.05, 0) is 6.42 Å². The van der Waals surface area contributed by atoms with E-state index in [1.54, 1.807) is 6.08 Å². The molecule has 0 saturated carbocycles. The number of alkyl carbamates (subject to hydrolysis) is 1. The van der Waals surface area contributed by atoms with Gasteiger partial charge >= 0.3 is 6.09 Å². The normalized spacial score (nSPS) is 10.5. The average molecular weight is 326 g/mol. The first-order valence-corrected chi connectivity index (χ1v) is 9.82. The molecule has 0 aromatic carbocycles. The Morgan fingerprint density at radius 1 is 0.826 bits per heavy atom. The molecule has 0 rings (SSSR count). The van der Waals surface area contributed by atoms with E-state index in [0.29, 0.717) is 6.54 Å². The fraction of sp³-hybridized carbons (Fsp3) is 0.850. The molecule has 0 bridgehead atoms. The van der Waals surface area contributed by atoms with Gasteiger partial charge in [-0.15, -0.1) is 0 Å². The second-order valence-corrected chi connectivity index (χ2v) is 6.41. The summed E-state index contributed by atoms with van der Waals surface area (Å²) in [4.78, 5) is 11.2. The van der Waals surface area contributed by atoms with Gasteiger partial charge in [0.05, 0.1) is 0 Å². The molecule has 1 amide bonds. The van der Waals surface area contributed by atoms with Gasteiger partial charge in [-0.2, -0.15) is 0 Å². The summed E-state index contributed by atoms with van der Waals surface area (Å²) in [5.74, 6) is 0. The minimum absolute atomic E-state index is 0.282. The number of carbonyl (C=O) groups is 1. The predicted molar refractivity (Wildman–Crippen MR) is 99.9 cm³/mol. The van der Waals surface area contributed by atoms with Gasteiger partial charge in [0, 0.05) is 6.54 Å². The molecule has 0 atom stereocenters. The standard InChI is InChI=1S/C20H39NO2/c1-3-5-6-7-8-9-10-11-12-13-14-15-16-17-18-21-20(22)23-19-4-2/h4H,2-3,5-19H2,1H3,(H,21,22). The maximum atomic E-state index is 11.2. The molecule has 23 heavy (non-hydrogen) atoms. The number of hydrogen-bond donors (Lipinski definition) is 1. The minimum Gasteiger partial charge on any atom is -0.445 e. The Labute approximate surface area is 144 Å². The second kappa shape index (κ2) is 19.1. The molecule has 0 radical (unpaired) electrons. The number of rotatable bonds is 17. The quantitative estimate of drug-likeness (QED) is 0.249. The summed E-state index contributed by atoms with van der Waals surface area (Å²) < 4.78 is 4.84. The van der Waals surface area contributed by atoms with Gasteiger partial charge in [0.25, 0.3) is 0 Å². The maximum Gasteiger partial charge on any atom is 0.407 e. The molecule has 0 aliphatic heterocycles. The summed E-state index contributed by atoms with van der Waals surface area (Å²) in [6.45, 7) is 6.78. The Balaban J connectivity index is 3.05. The van der Waals surface area contributed by atoms with Crippen molar-refractivity contribution >= 4 is 6.09 Å². The van der Waals surface area contributed by atoms with Gasteiger partial charge in [-0.25, -0.2) is 4.79 Å². The number of hydrogen-bond acceptors (Lipinski definition) is 2. The number of nitrogens with one attached hydrogen (secondary N) is 1. The lowest BCUT2D eigenvalue weighted by atomic mass is 10.0. The molecule has 0 heterocycles. The van der Waals surface area contributed by atoms with Gasteiger partial charge in [0.2, 0.25) is 0 Å². The van der Waals surface area contributed by atoms with Crippen LogP contribution in [0.5, 0.6) is 0 Å². The van der Waals surface area contributed by atoms with Crippen LogP contribution in [0.15, 0.2) is 12.7 Å². The number of carbonyl (C=O) groups excluding carboxylic acids is 1. The first kappa shape index (κ1) is 22.0. The van der Waals surface area contributed by atoms with E-state index in [4.69, 9.17) is 4.74 Å². The molecule has 0 unspecified atom stereocenters. The molecule has 0 fully saturated rings. The van der Waals surface area contributed by atoms with Crippen LogP contribution in [0.4, 0.5) is 4.79 Å². The van der Waals surface area contributed by atoms with E-state index in [-0.39, 0.29) is 12.7 Å². The molecule has 0 aliphatic rings. The van der Waals surface area contributed by atoms with Gasteiger partial charge in [0.15, 0.2) is 0 Å². The van der Waals surface area contributed by atoms with Crippen LogP contribution in [0.3, 0.4) is 0 Å². The highest BCUT2D eigenvalue weighted by Crippen LogP contribution is 2.12. The van der Waals surface area contributed by atoms with Gasteiger partial charge < -0.3 is 10.1 Å². The second-order valence-electron chi connectivity index (χ2n) is 6.41. The molecule has 0 aromatic rings. The summed E-state index contributed by atoms with van der Waals surface area (Å²) >= 11 is 0. The van der Waals surface area contributed by atoms with Crippen molar-refractivity contribution in [2.24, 2.45) is 0 Å². The summed E-state index contributed by atoms with van der Waals surface area (Å²) in [5.41, 5.74) is 0. The largest absolute Gasteiger partial charge is 0.445 e. The van der Waals surface area contributed by atoms with Crippen LogP contribution < -0.4 is 5.32 Å². The van der Waals surface area contributed by atoms with E-state index in [1.807, 2.05) is 0 Å². The lowest BCUT2D eigenvalue weighted by molar-refractivity contribution is 0.158. The van der Waals surface area contributed by atoms with E-state index in [9.17, 15) is 4.79 Å². The van der Waals surface area contributed by atoms with Crippen molar-refractivity contribution in [3.05, 3.63) is 12.7 Å². The molecule has 3 nitrogen and oxygen atoms in total. The Hall–Kier alpha value is -0.990. The third-order valence-corrected chi connectivity index (χ3v) is 4.13. The van der Waals surface area contributed by atoms with Gasteiger partial charge in [-0.1, -0.05) is 103 Å². The summed E-state index contributed by atoms with van der Waals surface area (Å²) in [6.07, 6.45) is 20.1. The maximum absolute atomic E-state index is 11.2. The zero-order valence-corrected chi connectivity index (χ0v) is 15.4. The third kappa shape index (κ3) is 19.0. The van der Waals surface area contributed by atoms with E-state index in [1.165, 1.54) is 83.5 Å². The third-order valence-electron chi connectivity index (χ3n) is 4.13. The van der Waals surface area contributed by atoms with Crippen LogP contribution in [0, 0.1) is 0 Å². The van der Waals surface area contributed by atoms with E-state index >= 15 is 0 Å². The smallest absolute Gasteiger partial charge is 0.407 e. The van der Waals surface area contributed by atoms with Crippen molar-refractivity contribution < 1.29 is 9.53 Å². The van der Waals surface area contributed by atoms with Crippen LogP contribution in [0.2, 0.25) is 0 Å². The molecule has 1 N–H and O–H groups in total. The molecular weight excluding hydrogens is 286 g/mol. The zero-order valence-electron chi connectivity index (χ0n) is 15.4. The monoisotopic (exact) mass is 325 g/mol. The molecule has 136 valence electrons. The molecular formula is C20H39NO2. The molecule has 0 aromatic heterocycles. The summed E-state index contributed by atoms with van der Waals surface area (Å²) in [6, 6.07) is 0.